The lowest BCUT2D eigenvalue weighted by Gasteiger charge is -2.16. The smallest absolute Gasteiger partial charge is 0.431 e. The van der Waals surface area contributed by atoms with Gasteiger partial charge in [0.15, 0.2) is 0 Å². The Labute approximate surface area is 228 Å². The molecule has 1 atom stereocenters. The second-order valence-electron chi connectivity index (χ2n) is 8.91. The molecule has 1 aromatic heterocycles. The number of hydrogen-bond acceptors (Lipinski definition) is 6. The third kappa shape index (κ3) is 4.60. The number of nitrogens with one attached hydrogen (secondary N) is 1. The highest BCUT2D eigenvalue weighted by Crippen LogP contribution is 2.45. The summed E-state index contributed by atoms with van der Waals surface area (Å²) in [7, 11) is 0.841. The lowest BCUT2D eigenvalue weighted by atomic mass is 10.0. The molecule has 2 aliphatic rings. The van der Waals surface area contributed by atoms with Gasteiger partial charge in [-0.25, -0.2) is 18.7 Å². The van der Waals surface area contributed by atoms with Gasteiger partial charge in [-0.1, -0.05) is 30.7 Å². The summed E-state index contributed by atoms with van der Waals surface area (Å²) in [4.78, 5) is 30.2. The summed E-state index contributed by atoms with van der Waals surface area (Å²) in [6, 6.07) is 7.15. The Bertz CT molecular complexity index is 1690. The SMILES string of the molecule is CCC1=C(C2NCCS2)C(=Nc2cc(-n3c(=O)cc(C(F)(F)F)n(C)c3=O)c(F)cc2Cl)c2cccc(O)c21. The van der Waals surface area contributed by atoms with Gasteiger partial charge in [-0.2, -0.15) is 13.2 Å². The van der Waals surface area contributed by atoms with Crippen LogP contribution in [0.3, 0.4) is 0 Å². The second-order valence-corrected chi connectivity index (χ2v) is 10.5. The molecular weight excluding hydrogens is 560 g/mol. The Morgan fingerprint density at radius 3 is 2.62 bits per heavy atom. The zero-order valence-electron chi connectivity index (χ0n) is 20.6. The van der Waals surface area contributed by atoms with Crippen LogP contribution < -0.4 is 16.6 Å². The first kappa shape index (κ1) is 27.2. The molecule has 0 radical (unpaired) electrons. The Balaban J connectivity index is 1.75. The highest BCUT2D eigenvalue weighted by Gasteiger charge is 2.37. The van der Waals surface area contributed by atoms with Crippen LogP contribution in [-0.4, -0.2) is 37.6 Å². The van der Waals surface area contributed by atoms with Crippen molar-refractivity contribution in [1.82, 2.24) is 14.5 Å². The first-order valence-corrected chi connectivity index (χ1v) is 13.3. The van der Waals surface area contributed by atoms with Crippen molar-refractivity contribution >= 4 is 40.3 Å². The minimum atomic E-state index is -4.96. The molecule has 0 spiro atoms. The number of aliphatic imine (C=N–C) groups is 1. The molecule has 204 valence electrons. The summed E-state index contributed by atoms with van der Waals surface area (Å²) < 4.78 is 55.5. The van der Waals surface area contributed by atoms with Gasteiger partial charge in [-0.05, 0) is 30.2 Å². The summed E-state index contributed by atoms with van der Waals surface area (Å²) in [5, 5.41) is 13.8. The number of rotatable bonds is 4. The molecule has 0 saturated carbocycles. The maximum Gasteiger partial charge on any atom is 0.431 e. The second kappa shape index (κ2) is 10.00. The van der Waals surface area contributed by atoms with Crippen LogP contribution in [0.4, 0.5) is 23.2 Å². The van der Waals surface area contributed by atoms with E-state index >= 15 is 4.39 Å². The van der Waals surface area contributed by atoms with Crippen LogP contribution in [0.1, 0.15) is 30.2 Å². The quantitative estimate of drug-likeness (QED) is 0.424. The number of halogens is 5. The van der Waals surface area contributed by atoms with Crippen LogP contribution in [0, 0.1) is 5.82 Å². The Morgan fingerprint density at radius 2 is 1.97 bits per heavy atom. The highest BCUT2D eigenvalue weighted by atomic mass is 35.5. The summed E-state index contributed by atoms with van der Waals surface area (Å²) in [6.07, 6.45) is -4.38. The Hall–Kier alpha value is -3.35. The van der Waals surface area contributed by atoms with Gasteiger partial charge in [0.2, 0.25) is 0 Å². The first-order chi connectivity index (χ1) is 18.4. The van der Waals surface area contributed by atoms with E-state index in [9.17, 15) is 27.9 Å². The van der Waals surface area contributed by atoms with Crippen LogP contribution in [-0.2, 0) is 13.2 Å². The molecule has 2 aromatic carbocycles. The number of fused-ring (bicyclic) bond motifs is 1. The predicted molar refractivity (Wildman–Crippen MR) is 143 cm³/mol. The molecule has 0 bridgehead atoms. The molecule has 5 rings (SSSR count). The van der Waals surface area contributed by atoms with E-state index in [1.165, 1.54) is 0 Å². The van der Waals surface area contributed by atoms with E-state index < -0.39 is 34.6 Å². The molecule has 1 unspecified atom stereocenters. The third-order valence-corrected chi connectivity index (χ3v) is 8.09. The molecule has 2 N–H and O–H groups in total. The predicted octanol–water partition coefficient (Wildman–Crippen LogP) is 5.01. The fraction of sp³-hybridized carbons (Fsp3) is 0.269. The Kier molecular flexibility index (Phi) is 6.98. The molecular formula is C26H21ClF4N4O3S. The molecule has 39 heavy (non-hydrogen) atoms. The standard InChI is InChI=1S/C26H21ClF4N4O3S/c1-3-12-21-13(5-4-6-18(21)36)23(22(12)24-32-7-8-39-24)33-16-10-17(15(28)9-14(16)27)35-20(37)11-19(26(29,30)31)34(2)25(35)38/h4-6,9-11,24,32,36H,3,7-8H2,1-2H3. The van der Waals surface area contributed by atoms with E-state index in [4.69, 9.17) is 16.6 Å². The molecule has 1 fully saturated rings. The molecule has 0 amide bonds. The van der Waals surface area contributed by atoms with E-state index in [0.29, 0.717) is 27.8 Å². The lowest BCUT2D eigenvalue weighted by molar-refractivity contribution is -0.144. The van der Waals surface area contributed by atoms with Crippen molar-refractivity contribution in [2.45, 2.75) is 24.9 Å². The number of hydrogen-bond donors (Lipinski definition) is 2. The van der Waals surface area contributed by atoms with Crippen LogP contribution in [0.2, 0.25) is 5.02 Å². The zero-order valence-corrected chi connectivity index (χ0v) is 22.1. The normalized spacial score (nSPS) is 18.3. The van der Waals surface area contributed by atoms with E-state index in [2.05, 4.69) is 5.32 Å². The van der Waals surface area contributed by atoms with Gasteiger partial charge in [0, 0.05) is 42.1 Å². The first-order valence-electron chi connectivity index (χ1n) is 11.8. The number of alkyl halides is 3. The van der Waals surface area contributed by atoms with Crippen LogP contribution in [0.5, 0.6) is 5.75 Å². The molecule has 1 aliphatic heterocycles. The summed E-state index contributed by atoms with van der Waals surface area (Å²) in [6.45, 7) is 2.71. The van der Waals surface area contributed by atoms with Crippen molar-refractivity contribution in [2.75, 3.05) is 12.3 Å². The Morgan fingerprint density at radius 1 is 1.23 bits per heavy atom. The summed E-state index contributed by atoms with van der Waals surface area (Å²) in [5.41, 5.74) is -1.40. The number of phenols is 1. The van der Waals surface area contributed by atoms with Crippen molar-refractivity contribution in [3.05, 3.63) is 90.5 Å². The van der Waals surface area contributed by atoms with Gasteiger partial charge >= 0.3 is 11.9 Å². The molecule has 7 nitrogen and oxygen atoms in total. The van der Waals surface area contributed by atoms with Gasteiger partial charge in [-0.3, -0.25) is 9.36 Å². The topological polar surface area (TPSA) is 88.6 Å². The molecule has 3 aromatic rings. The monoisotopic (exact) mass is 580 g/mol. The molecule has 13 heteroatoms. The molecule has 2 heterocycles. The van der Waals surface area contributed by atoms with Crippen LogP contribution in [0.25, 0.3) is 11.3 Å². The molecule has 1 saturated heterocycles. The largest absolute Gasteiger partial charge is 0.507 e. The van der Waals surface area contributed by atoms with Gasteiger partial charge in [0.1, 0.15) is 17.3 Å². The minimum Gasteiger partial charge on any atom is -0.507 e. The van der Waals surface area contributed by atoms with Crippen molar-refractivity contribution in [2.24, 2.45) is 12.0 Å². The van der Waals surface area contributed by atoms with Crippen molar-refractivity contribution in [3.8, 4) is 11.4 Å². The number of benzene rings is 2. The van der Waals surface area contributed by atoms with Gasteiger partial charge in [-0.15, -0.1) is 11.8 Å². The maximum absolute atomic E-state index is 15.1. The minimum absolute atomic E-state index is 0.0101. The average molecular weight is 581 g/mol. The number of aromatic nitrogens is 2. The number of thioether (sulfide) groups is 1. The summed E-state index contributed by atoms with van der Waals surface area (Å²) in [5.74, 6) is -0.173. The average Bonchev–Trinajstić information content (AvgIpc) is 3.50. The van der Waals surface area contributed by atoms with E-state index in [-0.39, 0.29) is 32.5 Å². The number of aromatic hydroxyl groups is 1. The lowest BCUT2D eigenvalue weighted by Crippen LogP contribution is -2.41. The van der Waals surface area contributed by atoms with E-state index in [1.807, 2.05) is 6.92 Å². The van der Waals surface area contributed by atoms with Crippen LogP contribution >= 0.6 is 23.4 Å². The van der Waals surface area contributed by atoms with Crippen molar-refractivity contribution in [1.29, 1.82) is 0 Å². The number of allylic oxidation sites excluding steroid dienone is 1. The van der Waals surface area contributed by atoms with Crippen molar-refractivity contribution < 1.29 is 22.7 Å². The summed E-state index contributed by atoms with van der Waals surface area (Å²) >= 11 is 8.01. The van der Waals surface area contributed by atoms with E-state index in [1.54, 1.807) is 30.0 Å². The van der Waals surface area contributed by atoms with Crippen LogP contribution in [0.15, 0.2) is 56.6 Å². The maximum atomic E-state index is 15.1. The third-order valence-electron chi connectivity index (χ3n) is 6.61. The van der Waals surface area contributed by atoms with E-state index in [0.717, 1.165) is 42.6 Å². The number of nitrogens with zero attached hydrogens (tertiary/aromatic N) is 3. The fourth-order valence-corrected chi connectivity index (χ4v) is 6.20. The van der Waals surface area contributed by atoms with Gasteiger partial charge in [0.25, 0.3) is 5.56 Å². The zero-order chi connectivity index (χ0) is 28.2. The molecule has 1 aliphatic carbocycles. The van der Waals surface area contributed by atoms with Gasteiger partial charge < -0.3 is 10.4 Å². The number of phenolic OH excluding ortho intramolecular Hbond substituents is 1. The highest BCUT2D eigenvalue weighted by molar-refractivity contribution is 8.00. The fourth-order valence-electron chi connectivity index (χ4n) is 4.88. The van der Waals surface area contributed by atoms with Gasteiger partial charge in [0.05, 0.1) is 27.5 Å². The van der Waals surface area contributed by atoms with Crippen molar-refractivity contribution in [3.63, 3.8) is 0 Å².